The van der Waals surface area contributed by atoms with Crippen LogP contribution in [0.3, 0.4) is 0 Å². The Morgan fingerprint density at radius 3 is 2.56 bits per heavy atom. The summed E-state index contributed by atoms with van der Waals surface area (Å²) in [5, 5.41) is 3.23. The van der Waals surface area contributed by atoms with E-state index in [0.717, 1.165) is 37.2 Å². The predicted octanol–water partition coefficient (Wildman–Crippen LogP) is 1.74. The second kappa shape index (κ2) is 6.40. The maximum absolute atomic E-state index is 11.8. The van der Waals surface area contributed by atoms with Gasteiger partial charge in [0.25, 0.3) is 0 Å². The molecule has 98 valence electrons. The summed E-state index contributed by atoms with van der Waals surface area (Å²) in [5.41, 5.74) is 0.984. The molecule has 1 aromatic rings. The van der Waals surface area contributed by atoms with Gasteiger partial charge >= 0.3 is 5.97 Å². The van der Waals surface area contributed by atoms with Gasteiger partial charge in [0, 0.05) is 0 Å². The van der Waals surface area contributed by atoms with E-state index in [1.54, 1.807) is 7.11 Å². The monoisotopic (exact) mass is 249 g/mol. The van der Waals surface area contributed by atoms with Gasteiger partial charge in [-0.3, -0.25) is 4.79 Å². The lowest BCUT2D eigenvalue weighted by Crippen LogP contribution is -2.32. The number of hydrogen-bond acceptors (Lipinski definition) is 4. The first kappa shape index (κ1) is 12.9. The average molecular weight is 249 g/mol. The Labute approximate surface area is 107 Å². The highest BCUT2D eigenvalue weighted by Crippen LogP contribution is 2.16. The summed E-state index contributed by atoms with van der Waals surface area (Å²) < 4.78 is 10.4. The summed E-state index contributed by atoms with van der Waals surface area (Å²) >= 11 is 0. The van der Waals surface area contributed by atoms with Gasteiger partial charge in [0.15, 0.2) is 0 Å². The summed E-state index contributed by atoms with van der Waals surface area (Å²) in [6, 6.07) is 7.56. The standard InChI is InChI=1S/C14H19NO3/c1-17-13-4-2-11(3-5-13)10-18-14(16)12-6-8-15-9-7-12/h2-5,12,15H,6-10H2,1H3. The highest BCUT2D eigenvalue weighted by molar-refractivity contribution is 5.72. The van der Waals surface area contributed by atoms with Gasteiger partial charge in [-0.1, -0.05) is 12.1 Å². The molecular formula is C14H19NO3. The van der Waals surface area contributed by atoms with Crippen molar-refractivity contribution < 1.29 is 14.3 Å². The molecule has 1 aliphatic rings. The Morgan fingerprint density at radius 1 is 1.28 bits per heavy atom. The minimum absolute atomic E-state index is 0.0597. The zero-order valence-corrected chi connectivity index (χ0v) is 10.6. The molecule has 4 heteroatoms. The Kier molecular flexibility index (Phi) is 4.59. The third-order valence-corrected chi connectivity index (χ3v) is 3.21. The van der Waals surface area contributed by atoms with Crippen molar-refractivity contribution in [3.8, 4) is 5.75 Å². The number of rotatable bonds is 4. The molecular weight excluding hydrogens is 230 g/mol. The Bertz CT molecular complexity index is 383. The molecule has 4 nitrogen and oxygen atoms in total. The van der Waals surface area contributed by atoms with Crippen molar-refractivity contribution in [3.05, 3.63) is 29.8 Å². The smallest absolute Gasteiger partial charge is 0.309 e. The van der Waals surface area contributed by atoms with Crippen molar-refractivity contribution >= 4 is 5.97 Å². The number of benzene rings is 1. The molecule has 0 spiro atoms. The molecule has 0 atom stereocenters. The van der Waals surface area contributed by atoms with Crippen molar-refractivity contribution in [2.45, 2.75) is 19.4 Å². The van der Waals surface area contributed by atoms with Crippen LogP contribution in [0.25, 0.3) is 0 Å². The van der Waals surface area contributed by atoms with Crippen LogP contribution in [-0.4, -0.2) is 26.2 Å². The summed E-state index contributed by atoms with van der Waals surface area (Å²) in [5.74, 6) is 0.792. The Balaban J connectivity index is 1.80. The number of hydrogen-bond donors (Lipinski definition) is 1. The van der Waals surface area contributed by atoms with Gasteiger partial charge in [0.05, 0.1) is 13.0 Å². The Morgan fingerprint density at radius 2 is 1.94 bits per heavy atom. The van der Waals surface area contributed by atoms with Gasteiger partial charge in [-0.15, -0.1) is 0 Å². The van der Waals surface area contributed by atoms with Crippen LogP contribution in [-0.2, 0) is 16.1 Å². The number of methoxy groups -OCH3 is 1. The van der Waals surface area contributed by atoms with E-state index >= 15 is 0 Å². The predicted molar refractivity (Wildman–Crippen MR) is 68.4 cm³/mol. The fraction of sp³-hybridized carbons (Fsp3) is 0.500. The highest BCUT2D eigenvalue weighted by atomic mass is 16.5. The van der Waals surface area contributed by atoms with Crippen LogP contribution < -0.4 is 10.1 Å². The van der Waals surface area contributed by atoms with Crippen LogP contribution in [0.2, 0.25) is 0 Å². The van der Waals surface area contributed by atoms with Crippen molar-refractivity contribution in [3.63, 3.8) is 0 Å². The van der Waals surface area contributed by atoms with Crippen molar-refractivity contribution in [2.24, 2.45) is 5.92 Å². The van der Waals surface area contributed by atoms with E-state index in [9.17, 15) is 4.79 Å². The maximum Gasteiger partial charge on any atom is 0.309 e. The molecule has 1 N–H and O–H groups in total. The van der Waals surface area contributed by atoms with Crippen LogP contribution in [0.15, 0.2) is 24.3 Å². The number of ether oxygens (including phenoxy) is 2. The number of esters is 1. The molecule has 0 saturated carbocycles. The fourth-order valence-electron chi connectivity index (χ4n) is 2.05. The third-order valence-electron chi connectivity index (χ3n) is 3.21. The minimum Gasteiger partial charge on any atom is -0.497 e. The van der Waals surface area contributed by atoms with E-state index in [1.165, 1.54) is 0 Å². The second-order valence-electron chi connectivity index (χ2n) is 4.48. The molecule has 1 heterocycles. The van der Waals surface area contributed by atoms with Gasteiger partial charge in [0.2, 0.25) is 0 Å². The first-order valence-electron chi connectivity index (χ1n) is 6.30. The van der Waals surface area contributed by atoms with Crippen LogP contribution in [0.1, 0.15) is 18.4 Å². The summed E-state index contributed by atoms with van der Waals surface area (Å²) in [7, 11) is 1.63. The van der Waals surface area contributed by atoms with E-state index in [-0.39, 0.29) is 11.9 Å². The largest absolute Gasteiger partial charge is 0.497 e. The van der Waals surface area contributed by atoms with Gasteiger partial charge < -0.3 is 14.8 Å². The summed E-state index contributed by atoms with van der Waals surface area (Å²) in [6.07, 6.45) is 1.75. The highest BCUT2D eigenvalue weighted by Gasteiger charge is 2.22. The van der Waals surface area contributed by atoms with Crippen LogP contribution >= 0.6 is 0 Å². The minimum atomic E-state index is -0.0766. The van der Waals surface area contributed by atoms with E-state index in [2.05, 4.69) is 5.32 Å². The van der Waals surface area contributed by atoms with E-state index in [0.29, 0.717) is 6.61 Å². The number of piperidine rings is 1. The molecule has 2 rings (SSSR count). The molecule has 0 unspecified atom stereocenters. The van der Waals surface area contributed by atoms with Crippen molar-refractivity contribution in [1.82, 2.24) is 5.32 Å². The number of carbonyl (C=O) groups excluding carboxylic acids is 1. The lowest BCUT2D eigenvalue weighted by Gasteiger charge is -2.20. The lowest BCUT2D eigenvalue weighted by molar-refractivity contribution is -0.150. The molecule has 1 fully saturated rings. The first-order valence-corrected chi connectivity index (χ1v) is 6.30. The molecule has 0 radical (unpaired) electrons. The van der Waals surface area contributed by atoms with Crippen LogP contribution in [0.4, 0.5) is 0 Å². The Hall–Kier alpha value is -1.55. The quantitative estimate of drug-likeness (QED) is 0.826. The molecule has 0 amide bonds. The van der Waals surface area contributed by atoms with Crippen molar-refractivity contribution in [2.75, 3.05) is 20.2 Å². The van der Waals surface area contributed by atoms with Crippen molar-refractivity contribution in [1.29, 1.82) is 0 Å². The fourth-order valence-corrected chi connectivity index (χ4v) is 2.05. The average Bonchev–Trinajstić information content (AvgIpc) is 2.46. The zero-order chi connectivity index (χ0) is 12.8. The second-order valence-corrected chi connectivity index (χ2v) is 4.48. The molecule has 0 bridgehead atoms. The number of carbonyl (C=O) groups is 1. The topological polar surface area (TPSA) is 47.6 Å². The van der Waals surface area contributed by atoms with E-state index in [4.69, 9.17) is 9.47 Å². The molecule has 18 heavy (non-hydrogen) atoms. The van der Waals surface area contributed by atoms with Gasteiger partial charge in [-0.05, 0) is 43.6 Å². The lowest BCUT2D eigenvalue weighted by atomic mass is 9.98. The number of nitrogens with one attached hydrogen (secondary N) is 1. The van der Waals surface area contributed by atoms with E-state index < -0.39 is 0 Å². The first-order chi connectivity index (χ1) is 8.79. The molecule has 0 aromatic heterocycles. The SMILES string of the molecule is COc1ccc(COC(=O)C2CCNCC2)cc1. The molecule has 1 saturated heterocycles. The van der Waals surface area contributed by atoms with Gasteiger partial charge in [0.1, 0.15) is 12.4 Å². The maximum atomic E-state index is 11.8. The summed E-state index contributed by atoms with van der Waals surface area (Å²) in [6.45, 7) is 2.15. The molecule has 1 aromatic carbocycles. The third kappa shape index (κ3) is 3.47. The van der Waals surface area contributed by atoms with E-state index in [1.807, 2.05) is 24.3 Å². The van der Waals surface area contributed by atoms with Gasteiger partial charge in [-0.25, -0.2) is 0 Å². The van der Waals surface area contributed by atoms with Crippen LogP contribution in [0.5, 0.6) is 5.75 Å². The van der Waals surface area contributed by atoms with Gasteiger partial charge in [-0.2, -0.15) is 0 Å². The summed E-state index contributed by atoms with van der Waals surface area (Å²) in [4.78, 5) is 11.8. The van der Waals surface area contributed by atoms with Crippen LogP contribution in [0, 0.1) is 5.92 Å². The molecule has 1 aliphatic heterocycles. The zero-order valence-electron chi connectivity index (χ0n) is 10.6. The molecule has 0 aliphatic carbocycles. The normalized spacial score (nSPS) is 16.3.